The molecule has 3 nitrogen and oxygen atoms in total. The highest BCUT2D eigenvalue weighted by atomic mass is 16.3. The number of aliphatic hydroxyl groups excluding tert-OH is 1. The number of anilines is 1. The van der Waals surface area contributed by atoms with Crippen LogP contribution in [0.5, 0.6) is 0 Å². The summed E-state index contributed by atoms with van der Waals surface area (Å²) in [6, 6.07) is 8.47. The number of hydrogen-bond acceptors (Lipinski definition) is 3. The fraction of sp³-hybridized carbons (Fsp3) is 0.538. The molecule has 2 atom stereocenters. The number of aliphatic hydroxyl groups is 1. The van der Waals surface area contributed by atoms with Crippen molar-refractivity contribution >= 4 is 5.69 Å². The molecule has 1 unspecified atom stereocenters. The molecule has 0 aliphatic heterocycles. The van der Waals surface area contributed by atoms with E-state index in [0.29, 0.717) is 0 Å². The first-order valence-electron chi connectivity index (χ1n) is 5.79. The van der Waals surface area contributed by atoms with Gasteiger partial charge in [0.2, 0.25) is 0 Å². The smallest absolute Gasteiger partial charge is 0.0632 e. The van der Waals surface area contributed by atoms with Crippen molar-refractivity contribution in [2.24, 2.45) is 5.73 Å². The first-order chi connectivity index (χ1) is 7.60. The third kappa shape index (κ3) is 2.97. The van der Waals surface area contributed by atoms with Crippen molar-refractivity contribution in [3.05, 3.63) is 29.8 Å². The Morgan fingerprint density at radius 2 is 1.88 bits per heavy atom. The van der Waals surface area contributed by atoms with Gasteiger partial charge in [-0.3, -0.25) is 0 Å². The largest absolute Gasteiger partial charge is 0.394 e. The standard InChI is InChI=1S/C13H22N2O/c1-4-13(14)11-5-7-12(8-6-11)15(3)10(2)9-16/h5-8,10,13,16H,4,9,14H2,1-3H3/t10?,13-/m0/s1. The van der Waals surface area contributed by atoms with Crippen LogP contribution in [-0.4, -0.2) is 24.8 Å². The van der Waals surface area contributed by atoms with E-state index in [-0.39, 0.29) is 18.7 Å². The first kappa shape index (κ1) is 13.0. The third-order valence-corrected chi connectivity index (χ3v) is 3.09. The van der Waals surface area contributed by atoms with Crippen molar-refractivity contribution in [2.75, 3.05) is 18.6 Å². The van der Waals surface area contributed by atoms with Crippen molar-refractivity contribution < 1.29 is 5.11 Å². The zero-order valence-electron chi connectivity index (χ0n) is 10.4. The van der Waals surface area contributed by atoms with Gasteiger partial charge in [-0.25, -0.2) is 0 Å². The number of rotatable bonds is 5. The highest BCUT2D eigenvalue weighted by Gasteiger charge is 2.09. The first-order valence-corrected chi connectivity index (χ1v) is 5.79. The summed E-state index contributed by atoms with van der Waals surface area (Å²) in [5.74, 6) is 0. The molecule has 0 amide bonds. The lowest BCUT2D eigenvalue weighted by Gasteiger charge is -2.25. The number of nitrogens with two attached hydrogens (primary N) is 1. The van der Waals surface area contributed by atoms with Crippen molar-refractivity contribution in [2.45, 2.75) is 32.4 Å². The fourth-order valence-corrected chi connectivity index (χ4v) is 1.57. The van der Waals surface area contributed by atoms with Crippen LogP contribution in [0.4, 0.5) is 5.69 Å². The summed E-state index contributed by atoms with van der Waals surface area (Å²) in [4.78, 5) is 2.06. The van der Waals surface area contributed by atoms with Crippen LogP contribution < -0.4 is 10.6 Å². The lowest BCUT2D eigenvalue weighted by atomic mass is 10.0. The molecular formula is C13H22N2O. The fourth-order valence-electron chi connectivity index (χ4n) is 1.57. The summed E-state index contributed by atoms with van der Waals surface area (Å²) in [6.07, 6.45) is 0.947. The van der Waals surface area contributed by atoms with Crippen molar-refractivity contribution in [3.63, 3.8) is 0 Å². The molecular weight excluding hydrogens is 200 g/mol. The van der Waals surface area contributed by atoms with Crippen LogP contribution in [0, 0.1) is 0 Å². The van der Waals surface area contributed by atoms with E-state index in [1.807, 2.05) is 14.0 Å². The average Bonchev–Trinajstić information content (AvgIpc) is 2.36. The molecule has 1 aromatic carbocycles. The molecule has 16 heavy (non-hydrogen) atoms. The van der Waals surface area contributed by atoms with E-state index in [2.05, 4.69) is 36.1 Å². The molecule has 0 fully saturated rings. The van der Waals surface area contributed by atoms with Gasteiger partial charge < -0.3 is 15.7 Å². The molecule has 0 saturated carbocycles. The van der Waals surface area contributed by atoms with Gasteiger partial charge in [-0.15, -0.1) is 0 Å². The van der Waals surface area contributed by atoms with Crippen LogP contribution in [0.25, 0.3) is 0 Å². The molecule has 1 aromatic rings. The van der Waals surface area contributed by atoms with E-state index in [9.17, 15) is 0 Å². The second kappa shape index (κ2) is 5.87. The molecule has 0 aliphatic carbocycles. The molecule has 0 aromatic heterocycles. The second-order valence-corrected chi connectivity index (χ2v) is 4.25. The zero-order chi connectivity index (χ0) is 12.1. The van der Waals surface area contributed by atoms with E-state index in [0.717, 1.165) is 17.7 Å². The molecule has 0 bridgehead atoms. The number of benzene rings is 1. The van der Waals surface area contributed by atoms with Gasteiger partial charge in [-0.1, -0.05) is 19.1 Å². The minimum absolute atomic E-state index is 0.120. The predicted octanol–water partition coefficient (Wildman–Crippen LogP) is 1.91. The maximum absolute atomic E-state index is 9.09. The van der Waals surface area contributed by atoms with Gasteiger partial charge >= 0.3 is 0 Å². The van der Waals surface area contributed by atoms with Crippen LogP contribution in [0.1, 0.15) is 31.9 Å². The zero-order valence-corrected chi connectivity index (χ0v) is 10.4. The maximum Gasteiger partial charge on any atom is 0.0632 e. The monoisotopic (exact) mass is 222 g/mol. The van der Waals surface area contributed by atoms with Crippen LogP contribution in [0.2, 0.25) is 0 Å². The van der Waals surface area contributed by atoms with Gasteiger partial charge in [0.05, 0.1) is 6.61 Å². The van der Waals surface area contributed by atoms with Crippen molar-refractivity contribution in [1.29, 1.82) is 0 Å². The summed E-state index contributed by atoms with van der Waals surface area (Å²) in [6.45, 7) is 4.23. The highest BCUT2D eigenvalue weighted by molar-refractivity contribution is 5.48. The minimum atomic E-state index is 0.120. The third-order valence-electron chi connectivity index (χ3n) is 3.09. The van der Waals surface area contributed by atoms with Gasteiger partial charge in [0.25, 0.3) is 0 Å². The number of likely N-dealkylation sites (N-methyl/N-ethyl adjacent to an activating group) is 1. The van der Waals surface area contributed by atoms with Gasteiger partial charge in [-0.05, 0) is 31.0 Å². The van der Waals surface area contributed by atoms with E-state index < -0.39 is 0 Å². The van der Waals surface area contributed by atoms with Gasteiger partial charge in [-0.2, -0.15) is 0 Å². The molecule has 1 rings (SSSR count). The molecule has 90 valence electrons. The Kier molecular flexibility index (Phi) is 4.77. The van der Waals surface area contributed by atoms with Gasteiger partial charge in [0.15, 0.2) is 0 Å². The summed E-state index contributed by atoms with van der Waals surface area (Å²) in [5.41, 5.74) is 8.22. The summed E-state index contributed by atoms with van der Waals surface area (Å²) in [5, 5.41) is 9.09. The Balaban J connectivity index is 2.78. The Hall–Kier alpha value is -1.06. The van der Waals surface area contributed by atoms with Gasteiger partial charge in [0.1, 0.15) is 0 Å². The minimum Gasteiger partial charge on any atom is -0.394 e. The van der Waals surface area contributed by atoms with E-state index in [4.69, 9.17) is 10.8 Å². The van der Waals surface area contributed by atoms with Crippen LogP contribution in [0.15, 0.2) is 24.3 Å². The molecule has 0 heterocycles. The average molecular weight is 222 g/mol. The summed E-state index contributed by atoms with van der Waals surface area (Å²) in [7, 11) is 1.98. The van der Waals surface area contributed by atoms with Crippen molar-refractivity contribution in [1.82, 2.24) is 0 Å². The maximum atomic E-state index is 9.09. The Labute approximate surface area is 97.9 Å². The second-order valence-electron chi connectivity index (χ2n) is 4.25. The summed E-state index contributed by atoms with van der Waals surface area (Å²) < 4.78 is 0. The van der Waals surface area contributed by atoms with Gasteiger partial charge in [0, 0.05) is 24.8 Å². The number of nitrogens with zero attached hydrogens (tertiary/aromatic N) is 1. The summed E-state index contributed by atoms with van der Waals surface area (Å²) >= 11 is 0. The highest BCUT2D eigenvalue weighted by Crippen LogP contribution is 2.20. The van der Waals surface area contributed by atoms with Crippen LogP contribution in [-0.2, 0) is 0 Å². The predicted molar refractivity (Wildman–Crippen MR) is 68.6 cm³/mol. The van der Waals surface area contributed by atoms with Crippen LogP contribution >= 0.6 is 0 Å². The molecule has 0 saturated heterocycles. The Bertz CT molecular complexity index is 310. The van der Waals surface area contributed by atoms with E-state index in [1.54, 1.807) is 0 Å². The number of hydrogen-bond donors (Lipinski definition) is 2. The van der Waals surface area contributed by atoms with E-state index in [1.165, 1.54) is 0 Å². The van der Waals surface area contributed by atoms with E-state index >= 15 is 0 Å². The Morgan fingerprint density at radius 3 is 2.31 bits per heavy atom. The lowest BCUT2D eigenvalue weighted by Crippen LogP contribution is -2.31. The Morgan fingerprint density at radius 1 is 1.31 bits per heavy atom. The normalized spacial score (nSPS) is 14.6. The molecule has 3 N–H and O–H groups in total. The van der Waals surface area contributed by atoms with Crippen molar-refractivity contribution in [3.8, 4) is 0 Å². The lowest BCUT2D eigenvalue weighted by molar-refractivity contribution is 0.270. The topological polar surface area (TPSA) is 49.5 Å². The molecule has 3 heteroatoms. The molecule has 0 aliphatic rings. The quantitative estimate of drug-likeness (QED) is 0.800. The SMILES string of the molecule is CC[C@H](N)c1ccc(N(C)C(C)CO)cc1. The molecule has 0 spiro atoms. The van der Waals surface area contributed by atoms with Crippen LogP contribution in [0.3, 0.4) is 0 Å². The molecule has 0 radical (unpaired) electrons.